The van der Waals surface area contributed by atoms with E-state index in [0.717, 1.165) is 55.2 Å². The van der Waals surface area contributed by atoms with Gasteiger partial charge in [-0.25, -0.2) is 4.98 Å². The largest absolute Gasteiger partial charge is 0.326 e. The number of amides is 1. The highest BCUT2D eigenvalue weighted by Gasteiger charge is 2.26. The van der Waals surface area contributed by atoms with Crippen LogP contribution < -0.4 is 5.32 Å². The van der Waals surface area contributed by atoms with E-state index in [4.69, 9.17) is 0 Å². The van der Waals surface area contributed by atoms with Crippen LogP contribution in [0.1, 0.15) is 18.7 Å². The highest BCUT2D eigenvalue weighted by molar-refractivity contribution is 7.07. The van der Waals surface area contributed by atoms with Crippen LogP contribution >= 0.6 is 11.3 Å². The van der Waals surface area contributed by atoms with Gasteiger partial charge in [0.2, 0.25) is 5.91 Å². The summed E-state index contributed by atoms with van der Waals surface area (Å²) in [5.74, 6) is 0.998. The van der Waals surface area contributed by atoms with Gasteiger partial charge in [-0.15, -0.1) is 21.5 Å². The van der Waals surface area contributed by atoms with Gasteiger partial charge in [0.25, 0.3) is 0 Å². The molecule has 1 atom stereocenters. The average molecular weight is 382 g/mol. The van der Waals surface area contributed by atoms with Crippen molar-refractivity contribution in [2.24, 2.45) is 13.0 Å². The highest BCUT2D eigenvalue weighted by atomic mass is 32.1. The maximum atomic E-state index is 12.7. The Balaban J connectivity index is 1.35. The van der Waals surface area contributed by atoms with Gasteiger partial charge in [-0.2, -0.15) is 0 Å². The lowest BCUT2D eigenvalue weighted by molar-refractivity contribution is -0.121. The molecule has 1 fully saturated rings. The van der Waals surface area contributed by atoms with E-state index in [9.17, 15) is 4.79 Å². The van der Waals surface area contributed by atoms with Gasteiger partial charge >= 0.3 is 0 Å². The Labute approximate surface area is 162 Å². The summed E-state index contributed by atoms with van der Waals surface area (Å²) in [5, 5.41) is 13.1. The molecule has 1 amide bonds. The number of nitrogens with one attached hydrogen (secondary N) is 1. The number of thiazole rings is 1. The monoisotopic (exact) mass is 382 g/mol. The van der Waals surface area contributed by atoms with Crippen LogP contribution in [-0.2, 0) is 18.4 Å². The Morgan fingerprint density at radius 1 is 1.33 bits per heavy atom. The molecular weight excluding hydrogens is 360 g/mol. The zero-order valence-corrected chi connectivity index (χ0v) is 16.0. The standard InChI is InChI=1S/C19H22N6OS/c1-24-12-21-23-18(24)10-25-8-2-3-15(9-25)19(26)22-16-6-4-14(5-7-16)17-11-27-13-20-17/h4-7,11-13,15H,2-3,8-10H2,1H3,(H,22,26)/t15-/m1/s1. The topological polar surface area (TPSA) is 75.9 Å². The number of piperidine rings is 1. The minimum atomic E-state index is -0.00908. The predicted octanol–water partition coefficient (Wildman–Crippen LogP) is 2.79. The van der Waals surface area contributed by atoms with Gasteiger partial charge in [0.1, 0.15) is 12.2 Å². The van der Waals surface area contributed by atoms with Gasteiger partial charge in [0.05, 0.1) is 23.7 Å². The minimum Gasteiger partial charge on any atom is -0.326 e. The maximum absolute atomic E-state index is 12.7. The zero-order valence-electron chi connectivity index (χ0n) is 15.2. The first-order chi connectivity index (χ1) is 13.2. The Hall–Kier alpha value is -2.58. The molecule has 0 unspecified atom stereocenters. The molecule has 1 aliphatic heterocycles. The molecule has 1 aromatic carbocycles. The van der Waals surface area contributed by atoms with Crippen LogP contribution in [0.2, 0.25) is 0 Å². The van der Waals surface area contributed by atoms with Crippen LogP contribution in [0.4, 0.5) is 5.69 Å². The molecule has 0 spiro atoms. The van der Waals surface area contributed by atoms with Crippen LogP contribution in [0.5, 0.6) is 0 Å². The first-order valence-corrected chi connectivity index (χ1v) is 9.98. The maximum Gasteiger partial charge on any atom is 0.228 e. The van der Waals surface area contributed by atoms with Crippen molar-refractivity contribution >= 4 is 22.9 Å². The Morgan fingerprint density at radius 3 is 2.89 bits per heavy atom. The van der Waals surface area contributed by atoms with Crippen LogP contribution in [-0.4, -0.2) is 43.6 Å². The molecule has 1 N–H and O–H groups in total. The van der Waals surface area contributed by atoms with Crippen molar-refractivity contribution in [3.8, 4) is 11.3 Å². The molecule has 8 heteroatoms. The number of likely N-dealkylation sites (tertiary alicyclic amines) is 1. The molecule has 27 heavy (non-hydrogen) atoms. The van der Waals surface area contributed by atoms with Crippen LogP contribution in [0, 0.1) is 5.92 Å². The molecule has 3 heterocycles. The summed E-state index contributed by atoms with van der Waals surface area (Å²) in [6.45, 7) is 2.46. The first-order valence-electron chi connectivity index (χ1n) is 9.04. The minimum absolute atomic E-state index is 0.00908. The van der Waals surface area contributed by atoms with E-state index in [-0.39, 0.29) is 11.8 Å². The number of hydrogen-bond donors (Lipinski definition) is 1. The lowest BCUT2D eigenvalue weighted by atomic mass is 9.97. The molecule has 0 aliphatic carbocycles. The number of rotatable bonds is 5. The third kappa shape index (κ3) is 4.23. The summed E-state index contributed by atoms with van der Waals surface area (Å²) in [5.41, 5.74) is 4.66. The third-order valence-corrected chi connectivity index (χ3v) is 5.51. The Kier molecular flexibility index (Phi) is 5.26. The second kappa shape index (κ2) is 7.98. The first kappa shape index (κ1) is 17.8. The zero-order chi connectivity index (χ0) is 18.6. The van der Waals surface area contributed by atoms with Crippen molar-refractivity contribution in [3.63, 3.8) is 0 Å². The number of aryl methyl sites for hydroxylation is 1. The van der Waals surface area contributed by atoms with Crippen molar-refractivity contribution in [2.75, 3.05) is 18.4 Å². The molecule has 1 aliphatic rings. The fourth-order valence-corrected chi connectivity index (χ4v) is 3.95. The summed E-state index contributed by atoms with van der Waals surface area (Å²) >= 11 is 1.57. The Morgan fingerprint density at radius 2 is 2.19 bits per heavy atom. The smallest absolute Gasteiger partial charge is 0.228 e. The number of aromatic nitrogens is 4. The van der Waals surface area contributed by atoms with Crippen molar-refractivity contribution in [3.05, 3.63) is 47.3 Å². The number of nitrogens with zero attached hydrogens (tertiary/aromatic N) is 5. The van der Waals surface area contributed by atoms with Crippen molar-refractivity contribution in [2.45, 2.75) is 19.4 Å². The Bertz CT molecular complexity index is 889. The van der Waals surface area contributed by atoms with Gasteiger partial charge < -0.3 is 9.88 Å². The second-order valence-corrected chi connectivity index (χ2v) is 7.59. The van der Waals surface area contributed by atoms with E-state index in [1.54, 1.807) is 17.7 Å². The summed E-state index contributed by atoms with van der Waals surface area (Å²) in [4.78, 5) is 19.3. The predicted molar refractivity (Wildman–Crippen MR) is 105 cm³/mol. The molecule has 140 valence electrons. The van der Waals surface area contributed by atoms with Crippen molar-refractivity contribution in [1.29, 1.82) is 0 Å². The number of carbonyl (C=O) groups excluding carboxylic acids is 1. The van der Waals surface area contributed by atoms with Crippen LogP contribution in [0.25, 0.3) is 11.3 Å². The fraction of sp³-hybridized carbons (Fsp3) is 0.368. The number of benzene rings is 1. The molecule has 4 rings (SSSR count). The van der Waals surface area contributed by atoms with E-state index in [2.05, 4.69) is 25.4 Å². The van der Waals surface area contributed by atoms with Crippen LogP contribution in [0.3, 0.4) is 0 Å². The normalized spacial score (nSPS) is 17.7. The molecule has 0 saturated carbocycles. The molecule has 0 radical (unpaired) electrons. The molecule has 7 nitrogen and oxygen atoms in total. The molecule has 1 saturated heterocycles. The van der Waals surface area contributed by atoms with Crippen molar-refractivity contribution in [1.82, 2.24) is 24.6 Å². The summed E-state index contributed by atoms with van der Waals surface area (Å²) in [6, 6.07) is 7.86. The number of anilines is 1. The van der Waals surface area contributed by atoms with E-state index in [0.29, 0.717) is 0 Å². The molecule has 0 bridgehead atoms. The average Bonchev–Trinajstić information content (AvgIpc) is 3.35. The van der Waals surface area contributed by atoms with E-state index < -0.39 is 0 Å². The SMILES string of the molecule is Cn1cnnc1CN1CCC[C@@H](C(=O)Nc2ccc(-c3cscn3)cc2)C1. The van der Waals surface area contributed by atoms with Gasteiger partial charge in [-0.3, -0.25) is 9.69 Å². The molecule has 3 aromatic rings. The lowest BCUT2D eigenvalue weighted by Crippen LogP contribution is -2.40. The van der Waals surface area contributed by atoms with Gasteiger partial charge in [0, 0.05) is 30.2 Å². The van der Waals surface area contributed by atoms with E-state index in [1.165, 1.54) is 0 Å². The summed E-state index contributed by atoms with van der Waals surface area (Å²) in [7, 11) is 1.94. The highest BCUT2D eigenvalue weighted by Crippen LogP contribution is 2.23. The van der Waals surface area contributed by atoms with E-state index >= 15 is 0 Å². The van der Waals surface area contributed by atoms with E-state index in [1.807, 2.05) is 46.8 Å². The summed E-state index contributed by atoms with van der Waals surface area (Å²) < 4.78 is 1.92. The lowest BCUT2D eigenvalue weighted by Gasteiger charge is -2.31. The second-order valence-electron chi connectivity index (χ2n) is 6.87. The fourth-order valence-electron chi connectivity index (χ4n) is 3.39. The third-order valence-electron chi connectivity index (χ3n) is 4.93. The quantitative estimate of drug-likeness (QED) is 0.734. The number of hydrogen-bond acceptors (Lipinski definition) is 6. The van der Waals surface area contributed by atoms with Crippen LogP contribution in [0.15, 0.2) is 41.5 Å². The van der Waals surface area contributed by atoms with Gasteiger partial charge in [-0.05, 0) is 31.5 Å². The van der Waals surface area contributed by atoms with Gasteiger partial charge in [-0.1, -0.05) is 12.1 Å². The molecular formula is C19H22N6OS. The number of carbonyl (C=O) groups is 1. The van der Waals surface area contributed by atoms with Gasteiger partial charge in [0.15, 0.2) is 0 Å². The summed E-state index contributed by atoms with van der Waals surface area (Å²) in [6.07, 6.45) is 3.63. The van der Waals surface area contributed by atoms with Crippen molar-refractivity contribution < 1.29 is 4.79 Å². The molecule has 2 aromatic heterocycles.